The van der Waals surface area contributed by atoms with Crippen molar-refractivity contribution < 1.29 is 10.2 Å². The van der Waals surface area contributed by atoms with Gasteiger partial charge in [0.1, 0.15) is 0 Å². The molecule has 1 rings (SSSR count). The number of hydrogen-bond acceptors (Lipinski definition) is 3. The Morgan fingerprint density at radius 2 is 2.00 bits per heavy atom. The van der Waals surface area contributed by atoms with E-state index in [1.807, 2.05) is 11.9 Å². The van der Waals surface area contributed by atoms with Gasteiger partial charge >= 0.3 is 0 Å². The lowest BCUT2D eigenvalue weighted by molar-refractivity contribution is 0.141. The third kappa shape index (κ3) is 4.45. The molecule has 1 aromatic carbocycles. The summed E-state index contributed by atoms with van der Waals surface area (Å²) in [5, 5.41) is 19.6. The Kier molecular flexibility index (Phi) is 6.23. The predicted molar refractivity (Wildman–Crippen MR) is 70.6 cm³/mol. The van der Waals surface area contributed by atoms with Gasteiger partial charge in [0.2, 0.25) is 0 Å². The van der Waals surface area contributed by atoms with Gasteiger partial charge in [-0.1, -0.05) is 35.3 Å². The van der Waals surface area contributed by atoms with E-state index in [0.717, 1.165) is 0 Å². The maximum absolute atomic E-state index is 10.0. The Bertz CT molecular complexity index is 360. The summed E-state index contributed by atoms with van der Waals surface area (Å²) in [6.07, 6.45) is -0.0846. The zero-order chi connectivity index (χ0) is 12.8. The van der Waals surface area contributed by atoms with Gasteiger partial charge in [-0.15, -0.1) is 0 Å². The summed E-state index contributed by atoms with van der Waals surface area (Å²) in [4.78, 5) is 1.95. The first-order chi connectivity index (χ1) is 8.06. The first-order valence-electron chi connectivity index (χ1n) is 5.47. The molecule has 17 heavy (non-hydrogen) atoms. The zero-order valence-corrected chi connectivity index (χ0v) is 11.2. The summed E-state index contributed by atoms with van der Waals surface area (Å²) in [5.41, 5.74) is 0.650. The Hall–Kier alpha value is -0.320. The van der Waals surface area contributed by atoms with Crippen LogP contribution in [-0.2, 0) is 0 Å². The highest BCUT2D eigenvalue weighted by molar-refractivity contribution is 6.42. The van der Waals surface area contributed by atoms with Crippen molar-refractivity contribution in [2.45, 2.75) is 12.5 Å². The normalized spacial score (nSPS) is 13.1. The first kappa shape index (κ1) is 14.7. The lowest BCUT2D eigenvalue weighted by Crippen LogP contribution is -2.24. The molecule has 0 saturated heterocycles. The maximum atomic E-state index is 10.0. The fourth-order valence-electron chi connectivity index (χ4n) is 1.56. The predicted octanol–water partition coefficient (Wildman–Crippen LogP) is 2.34. The number of aliphatic hydroxyl groups is 2. The smallest absolute Gasteiger partial charge is 0.0817 e. The number of nitrogens with zero attached hydrogens (tertiary/aromatic N) is 1. The van der Waals surface area contributed by atoms with Gasteiger partial charge in [-0.2, -0.15) is 0 Å². The average Bonchev–Trinajstić information content (AvgIpc) is 2.30. The summed E-state index contributed by atoms with van der Waals surface area (Å²) >= 11 is 11.9. The van der Waals surface area contributed by atoms with Gasteiger partial charge in [-0.25, -0.2) is 0 Å². The fraction of sp³-hybridized carbons (Fsp3) is 0.500. The lowest BCUT2D eigenvalue weighted by atomic mass is 10.1. The van der Waals surface area contributed by atoms with Gasteiger partial charge in [-0.05, 0) is 19.5 Å². The number of rotatable bonds is 6. The molecule has 5 heteroatoms. The van der Waals surface area contributed by atoms with Gasteiger partial charge in [0.15, 0.2) is 0 Å². The van der Waals surface area contributed by atoms with Crippen molar-refractivity contribution in [3.63, 3.8) is 0 Å². The quantitative estimate of drug-likeness (QED) is 0.839. The average molecular weight is 278 g/mol. The number of halogens is 2. The van der Waals surface area contributed by atoms with E-state index in [0.29, 0.717) is 35.1 Å². The summed E-state index contributed by atoms with van der Waals surface area (Å²) in [7, 11) is 1.89. The molecule has 3 nitrogen and oxygen atoms in total. The molecule has 0 heterocycles. The first-order valence-corrected chi connectivity index (χ1v) is 6.23. The third-order valence-corrected chi connectivity index (χ3v) is 3.44. The molecule has 1 aromatic rings. The van der Waals surface area contributed by atoms with Crippen LogP contribution in [0.1, 0.15) is 18.1 Å². The van der Waals surface area contributed by atoms with Crippen LogP contribution in [0.25, 0.3) is 0 Å². The van der Waals surface area contributed by atoms with Crippen LogP contribution < -0.4 is 0 Å². The Morgan fingerprint density at radius 1 is 1.29 bits per heavy atom. The van der Waals surface area contributed by atoms with Crippen LogP contribution in [-0.4, -0.2) is 41.9 Å². The van der Waals surface area contributed by atoms with E-state index in [9.17, 15) is 5.11 Å². The molecule has 0 fully saturated rings. The monoisotopic (exact) mass is 277 g/mol. The number of hydrogen-bond donors (Lipinski definition) is 2. The van der Waals surface area contributed by atoms with Gasteiger partial charge in [0, 0.05) is 18.7 Å². The number of benzene rings is 1. The van der Waals surface area contributed by atoms with E-state index in [1.165, 1.54) is 0 Å². The van der Waals surface area contributed by atoms with Gasteiger partial charge in [-0.3, -0.25) is 0 Å². The molecule has 96 valence electrons. The molecule has 0 aliphatic rings. The molecule has 2 N–H and O–H groups in total. The molecule has 0 radical (unpaired) electrons. The highest BCUT2D eigenvalue weighted by atomic mass is 35.5. The summed E-state index contributed by atoms with van der Waals surface area (Å²) < 4.78 is 0. The summed E-state index contributed by atoms with van der Waals surface area (Å²) in [5.74, 6) is 0. The highest BCUT2D eigenvalue weighted by Crippen LogP contribution is 2.31. The van der Waals surface area contributed by atoms with Gasteiger partial charge < -0.3 is 15.1 Å². The number of likely N-dealkylation sites (N-methyl/N-ethyl adjacent to an activating group) is 1. The van der Waals surface area contributed by atoms with Crippen molar-refractivity contribution in [3.8, 4) is 0 Å². The van der Waals surface area contributed by atoms with E-state index in [1.54, 1.807) is 18.2 Å². The Balaban J connectivity index is 2.58. The largest absolute Gasteiger partial charge is 0.395 e. The topological polar surface area (TPSA) is 43.7 Å². The second-order valence-corrected chi connectivity index (χ2v) is 4.76. The molecule has 0 amide bonds. The van der Waals surface area contributed by atoms with E-state index in [-0.39, 0.29) is 6.61 Å². The summed E-state index contributed by atoms with van der Waals surface area (Å²) in [6, 6.07) is 5.23. The zero-order valence-electron chi connectivity index (χ0n) is 9.74. The van der Waals surface area contributed by atoms with Crippen molar-refractivity contribution in [2.24, 2.45) is 0 Å². The van der Waals surface area contributed by atoms with Crippen molar-refractivity contribution >= 4 is 23.2 Å². The third-order valence-electron chi connectivity index (χ3n) is 2.61. The molecule has 0 saturated carbocycles. The number of aliphatic hydroxyl groups excluding tert-OH is 2. The van der Waals surface area contributed by atoms with Crippen LogP contribution in [0.3, 0.4) is 0 Å². The van der Waals surface area contributed by atoms with Crippen molar-refractivity contribution in [3.05, 3.63) is 33.8 Å². The molecule has 0 aromatic heterocycles. The molecular weight excluding hydrogens is 261 g/mol. The Labute approximate surface area is 112 Å². The van der Waals surface area contributed by atoms with E-state index >= 15 is 0 Å². The Morgan fingerprint density at radius 3 is 2.65 bits per heavy atom. The van der Waals surface area contributed by atoms with E-state index in [2.05, 4.69) is 0 Å². The second-order valence-electron chi connectivity index (χ2n) is 3.97. The molecule has 0 bridgehead atoms. The standard InChI is InChI=1S/C12H17Cl2NO2/c1-15(7-8-16)6-5-11(17)9-3-2-4-10(13)12(9)14/h2-4,11,16-17H,5-8H2,1H3. The second kappa shape index (κ2) is 7.19. The molecule has 1 atom stereocenters. The lowest BCUT2D eigenvalue weighted by Gasteiger charge is -2.18. The van der Waals surface area contributed by atoms with Crippen LogP contribution in [0.15, 0.2) is 18.2 Å². The molecule has 1 unspecified atom stereocenters. The molecule has 0 aliphatic carbocycles. The van der Waals surface area contributed by atoms with Crippen molar-refractivity contribution in [1.29, 1.82) is 0 Å². The highest BCUT2D eigenvalue weighted by Gasteiger charge is 2.14. The van der Waals surface area contributed by atoms with E-state index < -0.39 is 6.10 Å². The van der Waals surface area contributed by atoms with Gasteiger partial charge in [0.25, 0.3) is 0 Å². The SMILES string of the molecule is CN(CCO)CCC(O)c1cccc(Cl)c1Cl. The maximum Gasteiger partial charge on any atom is 0.0817 e. The minimum absolute atomic E-state index is 0.116. The van der Waals surface area contributed by atoms with Crippen LogP contribution in [0, 0.1) is 0 Å². The molecular formula is C12H17Cl2NO2. The minimum atomic E-state index is -0.637. The van der Waals surface area contributed by atoms with E-state index in [4.69, 9.17) is 28.3 Å². The fourth-order valence-corrected chi connectivity index (χ4v) is 1.99. The van der Waals surface area contributed by atoms with Gasteiger partial charge in [0.05, 0.1) is 22.8 Å². The van der Waals surface area contributed by atoms with Crippen LogP contribution in [0.2, 0.25) is 10.0 Å². The van der Waals surface area contributed by atoms with Crippen molar-refractivity contribution in [1.82, 2.24) is 4.90 Å². The molecule has 0 spiro atoms. The van der Waals surface area contributed by atoms with Crippen LogP contribution in [0.4, 0.5) is 0 Å². The van der Waals surface area contributed by atoms with Crippen LogP contribution in [0.5, 0.6) is 0 Å². The van der Waals surface area contributed by atoms with Crippen molar-refractivity contribution in [2.75, 3.05) is 26.7 Å². The van der Waals surface area contributed by atoms with Crippen LogP contribution >= 0.6 is 23.2 Å². The summed E-state index contributed by atoms with van der Waals surface area (Å²) in [6.45, 7) is 1.39. The molecule has 0 aliphatic heterocycles. The minimum Gasteiger partial charge on any atom is -0.395 e.